The van der Waals surface area contributed by atoms with Crippen molar-refractivity contribution in [2.24, 2.45) is 5.84 Å². The summed E-state index contributed by atoms with van der Waals surface area (Å²) in [6.45, 7) is 3.51. The molecule has 1 saturated heterocycles. The van der Waals surface area contributed by atoms with Crippen LogP contribution in [0, 0.1) is 0 Å². The highest BCUT2D eigenvalue weighted by atomic mass is 16.5. The predicted octanol–water partition coefficient (Wildman–Crippen LogP) is 0.229. The minimum Gasteiger partial charge on any atom is -0.379 e. The number of nitrogen functional groups attached to an aromatic ring is 1. The zero-order valence-corrected chi connectivity index (χ0v) is 10.0. The molecule has 2 aromatic heterocycles. The average molecular weight is 249 g/mol. The van der Waals surface area contributed by atoms with Gasteiger partial charge in [0.25, 0.3) is 0 Å². The highest BCUT2D eigenvalue weighted by molar-refractivity contribution is 5.87. The third-order valence-corrected chi connectivity index (χ3v) is 3.08. The number of rotatable bonds is 3. The summed E-state index contributed by atoms with van der Waals surface area (Å²) in [5.41, 5.74) is 2.97. The standard InChI is InChI=1S/C10H15N7O/c1-10(2-3-18-5-10)15-7-6-4-12-17-8(6)14-9(13-7)16-11/h4H,2-3,5,11H2,1H3,(H3,12,13,14,15,16,17). The largest absolute Gasteiger partial charge is 0.379 e. The number of nitrogens with zero attached hydrogens (tertiary/aromatic N) is 3. The summed E-state index contributed by atoms with van der Waals surface area (Å²) in [5, 5.41) is 11.0. The van der Waals surface area contributed by atoms with Crippen molar-refractivity contribution in [3.63, 3.8) is 0 Å². The second-order valence-corrected chi connectivity index (χ2v) is 4.66. The van der Waals surface area contributed by atoms with Gasteiger partial charge in [-0.25, -0.2) is 5.84 Å². The van der Waals surface area contributed by atoms with E-state index >= 15 is 0 Å². The lowest BCUT2D eigenvalue weighted by Gasteiger charge is -2.24. The zero-order valence-electron chi connectivity index (χ0n) is 10.0. The minimum atomic E-state index is -0.121. The highest BCUT2D eigenvalue weighted by Crippen LogP contribution is 2.27. The van der Waals surface area contributed by atoms with Crippen LogP contribution in [0.25, 0.3) is 11.0 Å². The van der Waals surface area contributed by atoms with Crippen molar-refractivity contribution in [1.29, 1.82) is 0 Å². The Morgan fingerprint density at radius 2 is 2.39 bits per heavy atom. The van der Waals surface area contributed by atoms with E-state index in [1.165, 1.54) is 0 Å². The van der Waals surface area contributed by atoms with E-state index in [0.717, 1.165) is 18.4 Å². The summed E-state index contributed by atoms with van der Waals surface area (Å²) in [6.07, 6.45) is 2.62. The van der Waals surface area contributed by atoms with E-state index < -0.39 is 0 Å². The zero-order chi connectivity index (χ0) is 12.6. The van der Waals surface area contributed by atoms with E-state index in [4.69, 9.17) is 10.6 Å². The van der Waals surface area contributed by atoms with Crippen LogP contribution in [0.15, 0.2) is 6.20 Å². The number of H-pyrrole nitrogens is 1. The number of hydrogen-bond acceptors (Lipinski definition) is 7. The molecule has 0 spiro atoms. The number of fused-ring (bicyclic) bond motifs is 1. The number of anilines is 2. The number of nitrogens with one attached hydrogen (secondary N) is 3. The minimum absolute atomic E-state index is 0.121. The van der Waals surface area contributed by atoms with Crippen molar-refractivity contribution in [3.8, 4) is 0 Å². The number of nitrogens with two attached hydrogens (primary N) is 1. The maximum atomic E-state index is 5.41. The van der Waals surface area contributed by atoms with Gasteiger partial charge in [-0.1, -0.05) is 0 Å². The van der Waals surface area contributed by atoms with Crippen molar-refractivity contribution < 1.29 is 4.74 Å². The van der Waals surface area contributed by atoms with Gasteiger partial charge in [0.05, 0.1) is 23.7 Å². The molecular weight excluding hydrogens is 234 g/mol. The van der Waals surface area contributed by atoms with Crippen LogP contribution in [-0.4, -0.2) is 38.9 Å². The molecule has 5 N–H and O–H groups in total. The highest BCUT2D eigenvalue weighted by Gasteiger charge is 2.30. The predicted molar refractivity (Wildman–Crippen MR) is 67.0 cm³/mol. The Hall–Kier alpha value is -1.93. The Labute approximate surface area is 103 Å². The molecule has 0 amide bonds. The lowest BCUT2D eigenvalue weighted by molar-refractivity contribution is 0.185. The van der Waals surface area contributed by atoms with E-state index in [2.05, 4.69) is 37.8 Å². The monoisotopic (exact) mass is 249 g/mol. The van der Waals surface area contributed by atoms with Crippen molar-refractivity contribution in [1.82, 2.24) is 20.2 Å². The van der Waals surface area contributed by atoms with Gasteiger partial charge in [0.15, 0.2) is 5.65 Å². The topological polar surface area (TPSA) is 114 Å². The van der Waals surface area contributed by atoms with Crippen LogP contribution in [0.5, 0.6) is 0 Å². The van der Waals surface area contributed by atoms with E-state index in [-0.39, 0.29) is 5.54 Å². The molecule has 3 heterocycles. The summed E-state index contributed by atoms with van der Waals surface area (Å²) in [4.78, 5) is 8.50. The molecule has 18 heavy (non-hydrogen) atoms. The first kappa shape index (κ1) is 11.2. The molecule has 0 aliphatic carbocycles. The lowest BCUT2D eigenvalue weighted by Crippen LogP contribution is -2.35. The number of hydrazine groups is 1. The number of ether oxygens (including phenoxy) is 1. The molecular formula is C10H15N7O. The van der Waals surface area contributed by atoms with Crippen molar-refractivity contribution in [3.05, 3.63) is 6.20 Å². The first-order valence-electron chi connectivity index (χ1n) is 5.74. The van der Waals surface area contributed by atoms with Crippen LogP contribution in [-0.2, 0) is 4.74 Å². The van der Waals surface area contributed by atoms with Crippen LogP contribution >= 0.6 is 0 Å². The van der Waals surface area contributed by atoms with E-state index in [1.807, 2.05) is 0 Å². The van der Waals surface area contributed by atoms with Crippen molar-refractivity contribution in [2.45, 2.75) is 18.9 Å². The number of aromatic nitrogens is 4. The third kappa shape index (κ3) is 1.85. The summed E-state index contributed by atoms with van der Waals surface area (Å²) in [7, 11) is 0. The normalized spacial score (nSPS) is 23.4. The molecule has 1 unspecified atom stereocenters. The summed E-state index contributed by atoms with van der Waals surface area (Å²) < 4.78 is 5.41. The molecule has 8 nitrogen and oxygen atoms in total. The fourth-order valence-electron chi connectivity index (χ4n) is 2.05. The first-order valence-corrected chi connectivity index (χ1v) is 5.74. The smallest absolute Gasteiger partial charge is 0.241 e. The Bertz CT molecular complexity index is 560. The molecule has 0 radical (unpaired) electrons. The molecule has 1 aliphatic heterocycles. The molecule has 0 bridgehead atoms. The summed E-state index contributed by atoms with van der Waals surface area (Å²) in [6, 6.07) is 0. The van der Waals surface area contributed by atoms with Crippen molar-refractivity contribution >= 4 is 22.8 Å². The fraction of sp³-hybridized carbons (Fsp3) is 0.500. The van der Waals surface area contributed by atoms with Crippen LogP contribution in [0.3, 0.4) is 0 Å². The molecule has 0 saturated carbocycles. The van der Waals surface area contributed by atoms with Gasteiger partial charge in [0.1, 0.15) is 5.82 Å². The molecule has 8 heteroatoms. The SMILES string of the molecule is CC1(Nc2nc(NN)nc3[nH]ncc23)CCOC1. The fourth-order valence-corrected chi connectivity index (χ4v) is 2.05. The molecule has 1 aliphatic rings. The van der Waals surface area contributed by atoms with Gasteiger partial charge in [0.2, 0.25) is 5.95 Å². The average Bonchev–Trinajstić information content (AvgIpc) is 2.97. The molecule has 96 valence electrons. The molecule has 2 aromatic rings. The van der Waals surface area contributed by atoms with Gasteiger partial charge in [-0.3, -0.25) is 10.5 Å². The maximum absolute atomic E-state index is 5.41. The van der Waals surface area contributed by atoms with Crippen LogP contribution < -0.4 is 16.6 Å². The van der Waals surface area contributed by atoms with Crippen LogP contribution in [0.4, 0.5) is 11.8 Å². The Morgan fingerprint density at radius 1 is 1.50 bits per heavy atom. The second-order valence-electron chi connectivity index (χ2n) is 4.66. The van der Waals surface area contributed by atoms with Gasteiger partial charge in [-0.15, -0.1) is 0 Å². The van der Waals surface area contributed by atoms with Crippen molar-refractivity contribution in [2.75, 3.05) is 24.0 Å². The third-order valence-electron chi connectivity index (χ3n) is 3.08. The quantitative estimate of drug-likeness (QED) is 0.454. The van der Waals surface area contributed by atoms with Gasteiger partial charge < -0.3 is 10.1 Å². The summed E-state index contributed by atoms with van der Waals surface area (Å²) >= 11 is 0. The number of aromatic amines is 1. The van der Waals surface area contributed by atoms with E-state index in [0.29, 0.717) is 24.0 Å². The molecule has 1 fully saturated rings. The molecule has 3 rings (SSSR count). The number of hydrogen-bond donors (Lipinski definition) is 4. The first-order chi connectivity index (χ1) is 8.70. The van der Waals surface area contributed by atoms with Gasteiger partial charge in [-0.05, 0) is 13.3 Å². The Morgan fingerprint density at radius 3 is 3.11 bits per heavy atom. The van der Waals surface area contributed by atoms with Crippen LogP contribution in [0.2, 0.25) is 0 Å². The summed E-state index contributed by atoms with van der Waals surface area (Å²) in [5.74, 6) is 6.41. The Balaban J connectivity index is 2.01. The maximum Gasteiger partial charge on any atom is 0.241 e. The second kappa shape index (κ2) is 4.07. The van der Waals surface area contributed by atoms with Crippen LogP contribution in [0.1, 0.15) is 13.3 Å². The van der Waals surface area contributed by atoms with Gasteiger partial charge in [0, 0.05) is 6.61 Å². The Kier molecular flexibility index (Phi) is 2.53. The van der Waals surface area contributed by atoms with E-state index in [1.54, 1.807) is 6.20 Å². The van der Waals surface area contributed by atoms with Gasteiger partial charge >= 0.3 is 0 Å². The van der Waals surface area contributed by atoms with Gasteiger partial charge in [-0.2, -0.15) is 15.1 Å². The molecule has 0 aromatic carbocycles. The van der Waals surface area contributed by atoms with E-state index in [9.17, 15) is 0 Å². The lowest BCUT2D eigenvalue weighted by atomic mass is 10.0. The molecule has 1 atom stereocenters.